The van der Waals surface area contributed by atoms with Crippen molar-refractivity contribution in [1.29, 1.82) is 0 Å². The Morgan fingerprint density at radius 3 is 2.52 bits per heavy atom. The Kier molecular flexibility index (Phi) is 5.86. The Hall–Kier alpha value is -1.31. The Labute approximate surface area is 151 Å². The van der Waals surface area contributed by atoms with Crippen molar-refractivity contribution in [2.75, 3.05) is 44.7 Å². The molecular weight excluding hydrogens is 338 g/mol. The summed E-state index contributed by atoms with van der Waals surface area (Å²) in [7, 11) is -1.75. The fourth-order valence-corrected chi connectivity index (χ4v) is 5.09. The van der Waals surface area contributed by atoms with E-state index in [4.69, 9.17) is 4.74 Å². The summed E-state index contributed by atoms with van der Waals surface area (Å²) in [5.74, 6) is 0.834. The highest BCUT2D eigenvalue weighted by Gasteiger charge is 2.32. The van der Waals surface area contributed by atoms with E-state index in [9.17, 15) is 8.42 Å². The SMILES string of the molecule is CCN1C[C@@H](CN(C)S(=O)(=O)N2CCCCCC2)Oc2ccccc21. The number of likely N-dealkylation sites (N-methyl/N-ethyl adjacent to an activating group) is 2. The molecule has 3 rings (SSSR count). The minimum Gasteiger partial charge on any atom is -0.485 e. The van der Waals surface area contributed by atoms with E-state index < -0.39 is 10.2 Å². The number of hydrogen-bond donors (Lipinski definition) is 0. The average molecular weight is 368 g/mol. The van der Waals surface area contributed by atoms with Crippen molar-refractivity contribution < 1.29 is 13.2 Å². The van der Waals surface area contributed by atoms with Gasteiger partial charge >= 0.3 is 0 Å². The van der Waals surface area contributed by atoms with Crippen molar-refractivity contribution >= 4 is 15.9 Å². The Morgan fingerprint density at radius 1 is 1.16 bits per heavy atom. The van der Waals surface area contributed by atoms with Crippen molar-refractivity contribution in [3.05, 3.63) is 24.3 Å². The van der Waals surface area contributed by atoms with E-state index in [1.807, 2.05) is 24.3 Å². The van der Waals surface area contributed by atoms with E-state index in [1.54, 1.807) is 11.4 Å². The standard InChI is InChI=1S/C18H29N3O3S/c1-3-20-15-16(24-18-11-7-6-10-17(18)20)14-19(2)25(22,23)21-12-8-4-5-9-13-21/h6-7,10-11,16H,3-5,8-9,12-15H2,1-2H3/t16-/m1/s1. The van der Waals surface area contributed by atoms with Gasteiger partial charge in [-0.15, -0.1) is 0 Å². The zero-order chi connectivity index (χ0) is 17.9. The van der Waals surface area contributed by atoms with Crippen LogP contribution >= 0.6 is 0 Å². The lowest BCUT2D eigenvalue weighted by Crippen LogP contribution is -2.50. The molecule has 0 spiro atoms. The van der Waals surface area contributed by atoms with Crippen LogP contribution in [0.5, 0.6) is 5.75 Å². The van der Waals surface area contributed by atoms with E-state index in [0.29, 0.717) is 26.2 Å². The van der Waals surface area contributed by atoms with Crippen molar-refractivity contribution in [2.24, 2.45) is 0 Å². The van der Waals surface area contributed by atoms with Crippen molar-refractivity contribution in [3.8, 4) is 5.75 Å². The highest BCUT2D eigenvalue weighted by molar-refractivity contribution is 7.86. The van der Waals surface area contributed by atoms with Crippen LogP contribution in [0.1, 0.15) is 32.6 Å². The van der Waals surface area contributed by atoms with Gasteiger partial charge in [-0.2, -0.15) is 17.0 Å². The van der Waals surface area contributed by atoms with Gasteiger partial charge in [0.15, 0.2) is 0 Å². The number of fused-ring (bicyclic) bond motifs is 1. The third-order valence-electron chi connectivity index (χ3n) is 5.05. The smallest absolute Gasteiger partial charge is 0.281 e. The molecule has 140 valence electrons. The number of anilines is 1. The van der Waals surface area contributed by atoms with E-state index in [2.05, 4.69) is 11.8 Å². The van der Waals surface area contributed by atoms with Crippen LogP contribution < -0.4 is 9.64 Å². The van der Waals surface area contributed by atoms with E-state index >= 15 is 0 Å². The zero-order valence-corrected chi connectivity index (χ0v) is 16.0. The Morgan fingerprint density at radius 2 is 1.84 bits per heavy atom. The first-order valence-corrected chi connectivity index (χ1v) is 10.6. The first-order valence-electron chi connectivity index (χ1n) is 9.24. The van der Waals surface area contributed by atoms with Crippen LogP contribution in [0.2, 0.25) is 0 Å². The molecule has 7 heteroatoms. The molecule has 0 saturated carbocycles. The molecule has 1 atom stereocenters. The summed E-state index contributed by atoms with van der Waals surface area (Å²) in [6.45, 7) is 5.30. The molecule has 2 aliphatic rings. The van der Waals surface area contributed by atoms with Gasteiger partial charge in [0.2, 0.25) is 0 Å². The second-order valence-electron chi connectivity index (χ2n) is 6.85. The van der Waals surface area contributed by atoms with Gasteiger partial charge in [-0.3, -0.25) is 0 Å². The molecule has 25 heavy (non-hydrogen) atoms. The Balaban J connectivity index is 1.69. The average Bonchev–Trinajstić information content (AvgIpc) is 2.90. The molecule has 0 aromatic heterocycles. The summed E-state index contributed by atoms with van der Waals surface area (Å²) >= 11 is 0. The van der Waals surface area contributed by atoms with Crippen LogP contribution in [-0.2, 0) is 10.2 Å². The molecule has 0 amide bonds. The summed E-state index contributed by atoms with van der Waals surface area (Å²) < 4.78 is 35.0. The van der Waals surface area contributed by atoms with Crippen LogP contribution in [0, 0.1) is 0 Å². The molecule has 1 saturated heterocycles. The molecule has 0 radical (unpaired) electrons. The predicted octanol–water partition coefficient (Wildman–Crippen LogP) is 2.33. The van der Waals surface area contributed by atoms with Gasteiger partial charge in [0.05, 0.1) is 18.8 Å². The number of para-hydroxylation sites is 2. The second-order valence-corrected chi connectivity index (χ2v) is 8.88. The highest BCUT2D eigenvalue weighted by atomic mass is 32.2. The van der Waals surface area contributed by atoms with E-state index in [-0.39, 0.29) is 6.10 Å². The van der Waals surface area contributed by atoms with Crippen molar-refractivity contribution in [2.45, 2.75) is 38.7 Å². The summed E-state index contributed by atoms with van der Waals surface area (Å²) in [5, 5.41) is 0. The monoisotopic (exact) mass is 367 g/mol. The summed E-state index contributed by atoms with van der Waals surface area (Å²) in [4.78, 5) is 2.25. The van der Waals surface area contributed by atoms with Crippen LogP contribution in [0.15, 0.2) is 24.3 Å². The van der Waals surface area contributed by atoms with E-state index in [0.717, 1.165) is 43.7 Å². The fraction of sp³-hybridized carbons (Fsp3) is 0.667. The largest absolute Gasteiger partial charge is 0.485 e. The number of ether oxygens (including phenoxy) is 1. The lowest BCUT2D eigenvalue weighted by atomic mass is 10.2. The first kappa shape index (κ1) is 18.5. The molecule has 0 N–H and O–H groups in total. The van der Waals surface area contributed by atoms with Gasteiger partial charge in [-0.25, -0.2) is 0 Å². The van der Waals surface area contributed by atoms with Gasteiger partial charge in [0, 0.05) is 26.7 Å². The maximum atomic E-state index is 12.9. The van der Waals surface area contributed by atoms with Crippen LogP contribution in [0.4, 0.5) is 5.69 Å². The van der Waals surface area contributed by atoms with Crippen LogP contribution in [0.25, 0.3) is 0 Å². The highest BCUT2D eigenvalue weighted by Crippen LogP contribution is 2.33. The first-order chi connectivity index (χ1) is 12.0. The van der Waals surface area contributed by atoms with Crippen LogP contribution in [0.3, 0.4) is 0 Å². The van der Waals surface area contributed by atoms with Gasteiger partial charge < -0.3 is 9.64 Å². The zero-order valence-electron chi connectivity index (χ0n) is 15.2. The quantitative estimate of drug-likeness (QED) is 0.801. The van der Waals surface area contributed by atoms with Gasteiger partial charge in [-0.1, -0.05) is 25.0 Å². The van der Waals surface area contributed by atoms with Crippen molar-refractivity contribution in [3.63, 3.8) is 0 Å². The number of nitrogens with zero attached hydrogens (tertiary/aromatic N) is 3. The minimum absolute atomic E-state index is 0.165. The molecular formula is C18H29N3O3S. The fourth-order valence-electron chi connectivity index (χ4n) is 3.62. The molecule has 1 aromatic rings. The maximum absolute atomic E-state index is 12.9. The van der Waals surface area contributed by atoms with Gasteiger partial charge in [-0.05, 0) is 31.9 Å². The van der Waals surface area contributed by atoms with Gasteiger partial charge in [0.1, 0.15) is 11.9 Å². The third-order valence-corrected chi connectivity index (χ3v) is 7.01. The Bertz CT molecular complexity index is 672. The third kappa shape index (κ3) is 4.10. The summed E-state index contributed by atoms with van der Waals surface area (Å²) in [6, 6.07) is 7.95. The molecule has 6 nitrogen and oxygen atoms in total. The molecule has 0 unspecified atom stereocenters. The summed E-state index contributed by atoms with van der Waals surface area (Å²) in [5.41, 5.74) is 1.08. The van der Waals surface area contributed by atoms with Crippen molar-refractivity contribution in [1.82, 2.24) is 8.61 Å². The topological polar surface area (TPSA) is 53.1 Å². The number of benzene rings is 1. The lowest BCUT2D eigenvalue weighted by molar-refractivity contribution is 0.168. The minimum atomic E-state index is -3.42. The molecule has 1 fully saturated rings. The van der Waals surface area contributed by atoms with Crippen LogP contribution in [-0.4, -0.2) is 62.9 Å². The molecule has 0 bridgehead atoms. The lowest BCUT2D eigenvalue weighted by Gasteiger charge is -2.37. The summed E-state index contributed by atoms with van der Waals surface area (Å²) in [6.07, 6.45) is 3.96. The number of hydrogen-bond acceptors (Lipinski definition) is 4. The maximum Gasteiger partial charge on any atom is 0.281 e. The molecule has 2 heterocycles. The van der Waals surface area contributed by atoms with Gasteiger partial charge in [0.25, 0.3) is 10.2 Å². The molecule has 0 aliphatic carbocycles. The normalized spacial score (nSPS) is 22.4. The predicted molar refractivity (Wildman–Crippen MR) is 100 cm³/mol. The number of rotatable bonds is 5. The van der Waals surface area contributed by atoms with E-state index in [1.165, 1.54) is 4.31 Å². The second kappa shape index (κ2) is 7.93. The molecule has 2 aliphatic heterocycles. The molecule has 1 aromatic carbocycles.